The van der Waals surface area contributed by atoms with Gasteiger partial charge in [-0.15, -0.1) is 0 Å². The maximum Gasteiger partial charge on any atom is 0.272 e. The summed E-state index contributed by atoms with van der Waals surface area (Å²) in [6.07, 6.45) is 3.77. The van der Waals surface area contributed by atoms with Crippen molar-refractivity contribution in [1.82, 2.24) is 9.88 Å². The zero-order chi connectivity index (χ0) is 17.1. The van der Waals surface area contributed by atoms with E-state index in [1.807, 2.05) is 4.90 Å². The number of nitrogens with zero attached hydrogens (tertiary/aromatic N) is 2. The highest BCUT2D eigenvalue weighted by atomic mass is 35.5. The van der Waals surface area contributed by atoms with E-state index in [2.05, 4.69) is 17.2 Å². The molecule has 126 valence electrons. The molecule has 6 heteroatoms. The number of rotatable bonds is 3. The van der Waals surface area contributed by atoms with Gasteiger partial charge in [0.15, 0.2) is 0 Å². The van der Waals surface area contributed by atoms with Gasteiger partial charge >= 0.3 is 0 Å². The van der Waals surface area contributed by atoms with E-state index in [-0.39, 0.29) is 10.9 Å². The fourth-order valence-electron chi connectivity index (χ4n) is 2.90. The molecule has 1 atom stereocenters. The molecule has 1 N–H and O–H groups in total. The Labute approximate surface area is 145 Å². The summed E-state index contributed by atoms with van der Waals surface area (Å²) in [5.74, 6) is -0.000247. The number of benzene rings is 1. The van der Waals surface area contributed by atoms with Crippen LogP contribution in [0.25, 0.3) is 0 Å². The largest absolute Gasteiger partial charge is 0.355 e. The molecular weight excluding hydrogens is 329 g/mol. The molecule has 1 unspecified atom stereocenters. The fraction of sp³-hybridized carbons (Fsp3) is 0.333. The van der Waals surface area contributed by atoms with E-state index >= 15 is 0 Å². The summed E-state index contributed by atoms with van der Waals surface area (Å²) >= 11 is 5.79. The highest BCUT2D eigenvalue weighted by molar-refractivity contribution is 6.31. The first-order valence-corrected chi connectivity index (χ1v) is 8.38. The molecule has 1 fully saturated rings. The number of hydrogen-bond acceptors (Lipinski definition) is 3. The van der Waals surface area contributed by atoms with Crippen LogP contribution >= 0.6 is 11.6 Å². The number of carbonyl (C=O) groups excluding carboxylic acids is 1. The van der Waals surface area contributed by atoms with E-state index in [4.69, 9.17) is 11.6 Å². The minimum Gasteiger partial charge on any atom is -0.355 e. The Balaban J connectivity index is 1.76. The standard InChI is InChI=1S/C18H19ClFN3O/c1-12-3-2-8-23(11-12)18(24)17-10-14(6-7-21-17)22-13-4-5-16(20)15(19)9-13/h4-7,9-10,12H,2-3,8,11H2,1H3,(H,21,22). The van der Waals surface area contributed by atoms with Crippen LogP contribution in [0, 0.1) is 11.7 Å². The Hall–Kier alpha value is -2.14. The van der Waals surface area contributed by atoms with Crippen molar-refractivity contribution >= 4 is 28.9 Å². The van der Waals surface area contributed by atoms with Crippen LogP contribution in [0.4, 0.5) is 15.8 Å². The third kappa shape index (κ3) is 3.85. The first-order chi connectivity index (χ1) is 11.5. The van der Waals surface area contributed by atoms with Gasteiger partial charge in [-0.1, -0.05) is 18.5 Å². The first-order valence-electron chi connectivity index (χ1n) is 8.00. The average molecular weight is 348 g/mol. The molecule has 2 aromatic rings. The highest BCUT2D eigenvalue weighted by Crippen LogP contribution is 2.23. The van der Waals surface area contributed by atoms with E-state index in [1.165, 1.54) is 12.1 Å². The summed E-state index contributed by atoms with van der Waals surface area (Å²) in [5, 5.41) is 3.17. The molecule has 0 spiro atoms. The number of carbonyl (C=O) groups is 1. The van der Waals surface area contributed by atoms with Gasteiger partial charge in [0.2, 0.25) is 0 Å². The number of likely N-dealkylation sites (tertiary alicyclic amines) is 1. The highest BCUT2D eigenvalue weighted by Gasteiger charge is 2.23. The van der Waals surface area contributed by atoms with Gasteiger partial charge in [-0.3, -0.25) is 9.78 Å². The van der Waals surface area contributed by atoms with Gasteiger partial charge in [-0.05, 0) is 49.1 Å². The molecule has 0 radical (unpaired) electrons. The van der Waals surface area contributed by atoms with Crippen molar-refractivity contribution in [3.63, 3.8) is 0 Å². The lowest BCUT2D eigenvalue weighted by Crippen LogP contribution is -2.39. The summed E-state index contributed by atoms with van der Waals surface area (Å²) < 4.78 is 13.2. The molecule has 0 bridgehead atoms. The lowest BCUT2D eigenvalue weighted by Gasteiger charge is -2.30. The molecular formula is C18H19ClFN3O. The number of hydrogen-bond donors (Lipinski definition) is 1. The third-order valence-corrected chi connectivity index (χ3v) is 4.42. The molecule has 1 aliphatic rings. The van der Waals surface area contributed by atoms with Crippen molar-refractivity contribution in [2.45, 2.75) is 19.8 Å². The first kappa shape index (κ1) is 16.7. The van der Waals surface area contributed by atoms with Crippen molar-refractivity contribution < 1.29 is 9.18 Å². The second kappa shape index (κ2) is 7.18. The topological polar surface area (TPSA) is 45.2 Å². The molecule has 1 aromatic heterocycles. The van der Waals surface area contributed by atoms with E-state index in [0.717, 1.165) is 25.9 Å². The average Bonchev–Trinajstić information content (AvgIpc) is 2.58. The number of piperidine rings is 1. The third-order valence-electron chi connectivity index (χ3n) is 4.13. The summed E-state index contributed by atoms with van der Waals surface area (Å²) in [6.45, 7) is 3.70. The maximum atomic E-state index is 13.2. The number of aromatic nitrogens is 1. The van der Waals surface area contributed by atoms with Gasteiger partial charge in [0.05, 0.1) is 5.02 Å². The maximum absolute atomic E-state index is 13.2. The van der Waals surface area contributed by atoms with Crippen molar-refractivity contribution in [3.8, 4) is 0 Å². The molecule has 24 heavy (non-hydrogen) atoms. The number of amides is 1. The molecule has 0 saturated carbocycles. The predicted molar refractivity (Wildman–Crippen MR) is 93.2 cm³/mol. The minimum absolute atomic E-state index is 0.0488. The Morgan fingerprint density at radius 2 is 2.12 bits per heavy atom. The molecule has 1 saturated heterocycles. The summed E-state index contributed by atoms with van der Waals surface area (Å²) in [4.78, 5) is 18.7. The van der Waals surface area contributed by atoms with Crippen LogP contribution in [0.5, 0.6) is 0 Å². The predicted octanol–water partition coefficient (Wildman–Crippen LogP) is 4.49. The molecule has 1 amide bonds. The summed E-state index contributed by atoms with van der Waals surface area (Å²) in [6, 6.07) is 7.86. The van der Waals surface area contributed by atoms with E-state index in [1.54, 1.807) is 24.4 Å². The zero-order valence-corrected chi connectivity index (χ0v) is 14.2. The number of nitrogens with one attached hydrogen (secondary N) is 1. The van der Waals surface area contributed by atoms with Crippen LogP contribution in [-0.4, -0.2) is 28.9 Å². The van der Waals surface area contributed by atoms with Crippen LogP contribution < -0.4 is 5.32 Å². The van der Waals surface area contributed by atoms with Gasteiger partial charge in [-0.2, -0.15) is 0 Å². The summed E-state index contributed by atoms with van der Waals surface area (Å²) in [5.41, 5.74) is 1.76. The van der Waals surface area contributed by atoms with Crippen molar-refractivity contribution in [3.05, 3.63) is 53.1 Å². The Morgan fingerprint density at radius 1 is 1.33 bits per heavy atom. The van der Waals surface area contributed by atoms with E-state index < -0.39 is 5.82 Å². The quantitative estimate of drug-likeness (QED) is 0.889. The fourth-order valence-corrected chi connectivity index (χ4v) is 3.08. The lowest BCUT2D eigenvalue weighted by atomic mass is 10.00. The van der Waals surface area contributed by atoms with E-state index in [9.17, 15) is 9.18 Å². The van der Waals surface area contributed by atoms with Gasteiger partial charge in [0, 0.05) is 30.7 Å². The van der Waals surface area contributed by atoms with Crippen LogP contribution in [0.2, 0.25) is 5.02 Å². The van der Waals surface area contributed by atoms with Crippen LogP contribution in [0.1, 0.15) is 30.3 Å². The number of pyridine rings is 1. The molecule has 3 rings (SSSR count). The second-order valence-electron chi connectivity index (χ2n) is 6.18. The molecule has 0 aliphatic carbocycles. The van der Waals surface area contributed by atoms with Crippen LogP contribution in [-0.2, 0) is 0 Å². The summed E-state index contributed by atoms with van der Waals surface area (Å²) in [7, 11) is 0. The Morgan fingerprint density at radius 3 is 2.88 bits per heavy atom. The normalized spacial score (nSPS) is 17.6. The van der Waals surface area contributed by atoms with Gasteiger partial charge in [0.25, 0.3) is 5.91 Å². The van der Waals surface area contributed by atoms with Gasteiger partial charge in [0.1, 0.15) is 11.5 Å². The monoisotopic (exact) mass is 347 g/mol. The lowest BCUT2D eigenvalue weighted by molar-refractivity contribution is 0.0677. The minimum atomic E-state index is -0.466. The molecule has 1 aromatic carbocycles. The van der Waals surface area contributed by atoms with Crippen LogP contribution in [0.3, 0.4) is 0 Å². The van der Waals surface area contributed by atoms with Crippen molar-refractivity contribution in [2.75, 3.05) is 18.4 Å². The SMILES string of the molecule is CC1CCCN(C(=O)c2cc(Nc3ccc(F)c(Cl)c3)ccn2)C1. The van der Waals surface area contributed by atoms with E-state index in [0.29, 0.717) is 23.0 Å². The van der Waals surface area contributed by atoms with Crippen LogP contribution in [0.15, 0.2) is 36.5 Å². The Bertz CT molecular complexity index is 753. The zero-order valence-electron chi connectivity index (χ0n) is 13.4. The number of anilines is 2. The van der Waals surface area contributed by atoms with Gasteiger partial charge in [-0.25, -0.2) is 4.39 Å². The number of halogens is 2. The van der Waals surface area contributed by atoms with Crippen molar-refractivity contribution in [2.24, 2.45) is 5.92 Å². The molecule has 2 heterocycles. The Kier molecular flexibility index (Phi) is 5.00. The second-order valence-corrected chi connectivity index (χ2v) is 6.59. The molecule has 4 nitrogen and oxygen atoms in total. The van der Waals surface area contributed by atoms with Gasteiger partial charge < -0.3 is 10.2 Å². The smallest absolute Gasteiger partial charge is 0.272 e. The molecule has 1 aliphatic heterocycles. The van der Waals surface area contributed by atoms with Crippen molar-refractivity contribution in [1.29, 1.82) is 0 Å².